The molecule has 0 bridgehead atoms. The molecule has 0 heterocycles. The lowest BCUT2D eigenvalue weighted by molar-refractivity contribution is -0.148. The minimum atomic E-state index is -0.766. The van der Waals surface area contributed by atoms with Gasteiger partial charge < -0.3 is 9.84 Å². The lowest BCUT2D eigenvalue weighted by atomic mass is 9.73. The molecule has 0 aliphatic carbocycles. The van der Waals surface area contributed by atoms with Gasteiger partial charge in [0.2, 0.25) is 0 Å². The summed E-state index contributed by atoms with van der Waals surface area (Å²) in [6.07, 6.45) is 1.25. The molecule has 0 fully saturated rings. The van der Waals surface area contributed by atoms with E-state index in [9.17, 15) is 9.90 Å². The zero-order valence-electron chi connectivity index (χ0n) is 12.9. The SMILES string of the molecule is C=C(CC(C)(C)CC(C)(C)C(=O)O)OC(C)(C)C. The summed E-state index contributed by atoms with van der Waals surface area (Å²) in [6.45, 7) is 17.5. The van der Waals surface area contributed by atoms with Gasteiger partial charge in [-0.05, 0) is 46.5 Å². The Balaban J connectivity index is 4.58. The van der Waals surface area contributed by atoms with E-state index in [-0.39, 0.29) is 11.0 Å². The highest BCUT2D eigenvalue weighted by Crippen LogP contribution is 2.38. The Morgan fingerprint density at radius 2 is 1.56 bits per heavy atom. The topological polar surface area (TPSA) is 46.5 Å². The number of carboxylic acids is 1. The maximum Gasteiger partial charge on any atom is 0.309 e. The van der Waals surface area contributed by atoms with E-state index in [1.807, 2.05) is 20.8 Å². The van der Waals surface area contributed by atoms with Gasteiger partial charge in [-0.25, -0.2) is 0 Å². The Morgan fingerprint density at radius 1 is 1.11 bits per heavy atom. The van der Waals surface area contributed by atoms with Crippen LogP contribution in [0.4, 0.5) is 0 Å². The van der Waals surface area contributed by atoms with Crippen molar-refractivity contribution in [2.45, 2.75) is 66.9 Å². The van der Waals surface area contributed by atoms with Crippen LogP contribution >= 0.6 is 0 Å². The molecule has 0 unspecified atom stereocenters. The number of ether oxygens (including phenoxy) is 1. The molecule has 0 amide bonds. The van der Waals surface area contributed by atoms with E-state index in [1.165, 1.54) is 0 Å². The minimum Gasteiger partial charge on any atom is -0.493 e. The van der Waals surface area contributed by atoms with Gasteiger partial charge in [0.05, 0.1) is 11.2 Å². The molecular formula is C15H28O3. The molecule has 0 atom stereocenters. The fourth-order valence-corrected chi connectivity index (χ4v) is 2.34. The Labute approximate surface area is 111 Å². The number of carboxylic acid groups (broad SMARTS) is 1. The van der Waals surface area contributed by atoms with Gasteiger partial charge >= 0.3 is 5.97 Å². The molecule has 3 heteroatoms. The number of hydrogen-bond donors (Lipinski definition) is 1. The maximum atomic E-state index is 11.2. The molecule has 0 aliphatic heterocycles. The summed E-state index contributed by atoms with van der Waals surface area (Å²) in [5.41, 5.74) is -1.13. The van der Waals surface area contributed by atoms with Crippen LogP contribution in [0.1, 0.15) is 61.3 Å². The summed E-state index contributed by atoms with van der Waals surface area (Å²) in [6, 6.07) is 0. The van der Waals surface area contributed by atoms with E-state index in [2.05, 4.69) is 20.4 Å². The average molecular weight is 256 g/mol. The van der Waals surface area contributed by atoms with Gasteiger partial charge in [-0.1, -0.05) is 20.4 Å². The molecule has 0 rings (SSSR count). The highest BCUT2D eigenvalue weighted by molar-refractivity contribution is 5.73. The zero-order chi connectivity index (χ0) is 14.8. The third-order valence-electron chi connectivity index (χ3n) is 2.63. The molecular weight excluding hydrogens is 228 g/mol. The van der Waals surface area contributed by atoms with Crippen LogP contribution in [0, 0.1) is 10.8 Å². The summed E-state index contributed by atoms with van der Waals surface area (Å²) in [7, 11) is 0. The molecule has 1 N–H and O–H groups in total. The third kappa shape index (κ3) is 6.67. The molecule has 0 radical (unpaired) electrons. The quantitative estimate of drug-likeness (QED) is 0.723. The normalized spacial score (nSPS) is 13.3. The molecule has 106 valence electrons. The van der Waals surface area contributed by atoms with Crippen molar-refractivity contribution < 1.29 is 14.6 Å². The first-order chi connectivity index (χ1) is 7.75. The first-order valence-electron chi connectivity index (χ1n) is 6.35. The van der Waals surface area contributed by atoms with Crippen molar-refractivity contribution in [3.8, 4) is 0 Å². The van der Waals surface area contributed by atoms with Gasteiger partial charge in [-0.15, -0.1) is 0 Å². The number of carbonyl (C=O) groups is 1. The summed E-state index contributed by atoms with van der Waals surface area (Å²) >= 11 is 0. The smallest absolute Gasteiger partial charge is 0.309 e. The second-order valence-corrected chi connectivity index (χ2v) is 7.46. The highest BCUT2D eigenvalue weighted by Gasteiger charge is 2.35. The molecule has 0 saturated heterocycles. The summed E-state index contributed by atoms with van der Waals surface area (Å²) < 4.78 is 5.71. The van der Waals surface area contributed by atoms with Crippen LogP contribution in [0.3, 0.4) is 0 Å². The van der Waals surface area contributed by atoms with E-state index in [4.69, 9.17) is 4.74 Å². The van der Waals surface area contributed by atoms with Crippen molar-refractivity contribution in [2.75, 3.05) is 0 Å². The van der Waals surface area contributed by atoms with Crippen LogP contribution < -0.4 is 0 Å². The standard InChI is InChI=1S/C15H28O3/c1-11(18-13(2,3)4)9-14(5,6)10-15(7,8)12(16)17/h1,9-10H2,2-8H3,(H,16,17). The first kappa shape index (κ1) is 17.0. The predicted octanol–water partition coefficient (Wildman–Crippen LogP) is 4.23. The lowest BCUT2D eigenvalue weighted by Crippen LogP contribution is -2.31. The van der Waals surface area contributed by atoms with Gasteiger partial charge in [0.1, 0.15) is 5.60 Å². The van der Waals surface area contributed by atoms with Crippen molar-refractivity contribution in [1.29, 1.82) is 0 Å². The van der Waals surface area contributed by atoms with Gasteiger partial charge in [0.25, 0.3) is 0 Å². The van der Waals surface area contributed by atoms with Crippen molar-refractivity contribution in [3.63, 3.8) is 0 Å². The van der Waals surface area contributed by atoms with Crippen molar-refractivity contribution in [3.05, 3.63) is 12.3 Å². The monoisotopic (exact) mass is 256 g/mol. The second-order valence-electron chi connectivity index (χ2n) is 7.46. The van der Waals surface area contributed by atoms with Gasteiger partial charge in [-0.3, -0.25) is 4.79 Å². The molecule has 0 aliphatic rings. The average Bonchev–Trinajstić information content (AvgIpc) is 1.94. The van der Waals surface area contributed by atoms with E-state index < -0.39 is 11.4 Å². The predicted molar refractivity (Wildman–Crippen MR) is 74.4 cm³/mol. The van der Waals surface area contributed by atoms with Gasteiger partial charge in [-0.2, -0.15) is 0 Å². The summed E-state index contributed by atoms with van der Waals surface area (Å²) in [5.74, 6) is -0.0494. The van der Waals surface area contributed by atoms with Gasteiger partial charge in [0.15, 0.2) is 0 Å². The van der Waals surface area contributed by atoms with Crippen LogP contribution in [0.2, 0.25) is 0 Å². The van der Waals surface area contributed by atoms with Crippen LogP contribution in [0.5, 0.6) is 0 Å². The number of hydrogen-bond acceptors (Lipinski definition) is 2. The highest BCUT2D eigenvalue weighted by atomic mass is 16.5. The Morgan fingerprint density at radius 3 is 1.89 bits per heavy atom. The van der Waals surface area contributed by atoms with Crippen LogP contribution in [0.15, 0.2) is 12.3 Å². The zero-order valence-corrected chi connectivity index (χ0v) is 12.9. The van der Waals surface area contributed by atoms with E-state index in [0.717, 1.165) is 0 Å². The molecule has 18 heavy (non-hydrogen) atoms. The molecule has 0 saturated carbocycles. The third-order valence-corrected chi connectivity index (χ3v) is 2.63. The second kappa shape index (κ2) is 5.33. The molecule has 0 spiro atoms. The molecule has 3 nitrogen and oxygen atoms in total. The van der Waals surface area contributed by atoms with E-state index in [1.54, 1.807) is 13.8 Å². The molecule has 0 aromatic carbocycles. The minimum absolute atomic E-state index is 0.149. The van der Waals surface area contributed by atoms with Crippen molar-refractivity contribution in [1.82, 2.24) is 0 Å². The fraction of sp³-hybridized carbons (Fsp3) is 0.800. The fourth-order valence-electron chi connectivity index (χ4n) is 2.34. The number of rotatable bonds is 6. The van der Waals surface area contributed by atoms with Gasteiger partial charge in [0, 0.05) is 6.42 Å². The largest absolute Gasteiger partial charge is 0.493 e. The summed E-state index contributed by atoms with van der Waals surface area (Å²) in [5, 5.41) is 9.17. The van der Waals surface area contributed by atoms with E-state index in [0.29, 0.717) is 18.6 Å². The Hall–Kier alpha value is -0.990. The summed E-state index contributed by atoms with van der Waals surface area (Å²) in [4.78, 5) is 11.2. The first-order valence-corrected chi connectivity index (χ1v) is 6.35. The Bertz CT molecular complexity index is 319. The maximum absolute atomic E-state index is 11.2. The Kier molecular flexibility index (Phi) is 5.04. The van der Waals surface area contributed by atoms with E-state index >= 15 is 0 Å². The van der Waals surface area contributed by atoms with Crippen LogP contribution in [-0.4, -0.2) is 16.7 Å². The molecule has 0 aromatic heterocycles. The molecule has 0 aromatic rings. The van der Waals surface area contributed by atoms with Crippen molar-refractivity contribution >= 4 is 5.97 Å². The van der Waals surface area contributed by atoms with Crippen LogP contribution in [-0.2, 0) is 9.53 Å². The lowest BCUT2D eigenvalue weighted by Gasteiger charge is -2.34. The number of aliphatic carboxylic acids is 1. The van der Waals surface area contributed by atoms with Crippen LogP contribution in [0.25, 0.3) is 0 Å². The number of allylic oxidation sites excluding steroid dienone is 1. The van der Waals surface area contributed by atoms with Crippen molar-refractivity contribution in [2.24, 2.45) is 10.8 Å².